The molecule has 0 aliphatic carbocycles. The van der Waals surface area contributed by atoms with Crippen LogP contribution in [0.3, 0.4) is 0 Å². The monoisotopic (exact) mass is 430 g/mol. The first-order valence-electron chi connectivity index (χ1n) is 9.24. The number of carbonyl (C=O) groups excluding carboxylic acids is 1. The van der Waals surface area contributed by atoms with Gasteiger partial charge < -0.3 is 14.6 Å². The molecule has 0 unspecified atom stereocenters. The molecule has 1 amide bonds. The van der Waals surface area contributed by atoms with Crippen LogP contribution in [-0.4, -0.2) is 33.0 Å². The molecule has 8 heteroatoms. The van der Waals surface area contributed by atoms with Gasteiger partial charge in [0.05, 0.1) is 23.1 Å². The zero-order valence-electron chi connectivity index (χ0n) is 16.6. The molecule has 0 saturated carbocycles. The molecule has 0 saturated heterocycles. The lowest BCUT2D eigenvalue weighted by Crippen LogP contribution is -2.14. The number of rotatable bonds is 8. The number of halogens is 1. The Balaban J connectivity index is 1.60. The van der Waals surface area contributed by atoms with E-state index in [1.54, 1.807) is 12.1 Å². The highest BCUT2D eigenvalue weighted by atomic mass is 35.5. The van der Waals surface area contributed by atoms with E-state index in [2.05, 4.69) is 29.4 Å². The van der Waals surface area contributed by atoms with Crippen LogP contribution >= 0.6 is 23.4 Å². The van der Waals surface area contributed by atoms with Crippen LogP contribution < -0.4 is 10.1 Å². The maximum atomic E-state index is 12.2. The van der Waals surface area contributed by atoms with E-state index in [-0.39, 0.29) is 11.7 Å². The number of thioether (sulfide) groups is 1. The van der Waals surface area contributed by atoms with Crippen molar-refractivity contribution in [2.75, 3.05) is 17.7 Å². The van der Waals surface area contributed by atoms with E-state index in [0.717, 1.165) is 17.1 Å². The number of hydrogen-bond donors (Lipinski definition) is 1. The van der Waals surface area contributed by atoms with Crippen LogP contribution in [-0.2, 0) is 11.8 Å². The summed E-state index contributed by atoms with van der Waals surface area (Å²) in [6.45, 7) is 4.91. The number of nitrogens with zero attached hydrogens (tertiary/aromatic N) is 3. The number of nitrogens with one attached hydrogen (secondary N) is 1. The maximum Gasteiger partial charge on any atom is 0.234 e. The van der Waals surface area contributed by atoms with E-state index in [1.807, 2.05) is 48.0 Å². The standard InChI is InChI=1S/C21H23ClN4O2S/c1-14(2)12-28-16-10-8-15(9-11-16)20-24-25-21(26(20)3)29-13-19(27)23-18-7-5-4-6-17(18)22/h4-11,14H,12-13H2,1-3H3,(H,23,27). The average molecular weight is 431 g/mol. The highest BCUT2D eigenvalue weighted by Gasteiger charge is 2.14. The molecule has 0 aliphatic heterocycles. The fraction of sp³-hybridized carbons (Fsp3) is 0.286. The highest BCUT2D eigenvalue weighted by molar-refractivity contribution is 7.99. The van der Waals surface area contributed by atoms with Gasteiger partial charge in [-0.15, -0.1) is 10.2 Å². The van der Waals surface area contributed by atoms with Gasteiger partial charge in [-0.1, -0.05) is 49.3 Å². The van der Waals surface area contributed by atoms with Gasteiger partial charge in [0.15, 0.2) is 11.0 Å². The summed E-state index contributed by atoms with van der Waals surface area (Å²) in [5.74, 6) is 2.09. The number of ether oxygens (including phenoxy) is 1. The zero-order chi connectivity index (χ0) is 20.8. The average Bonchev–Trinajstić information content (AvgIpc) is 3.07. The number of para-hydroxylation sites is 1. The van der Waals surface area contributed by atoms with E-state index in [1.165, 1.54) is 11.8 Å². The van der Waals surface area contributed by atoms with Crippen molar-refractivity contribution < 1.29 is 9.53 Å². The summed E-state index contributed by atoms with van der Waals surface area (Å²) in [5, 5.41) is 12.4. The van der Waals surface area contributed by atoms with Gasteiger partial charge in [0.2, 0.25) is 5.91 Å². The summed E-state index contributed by atoms with van der Waals surface area (Å²) in [6.07, 6.45) is 0. The van der Waals surface area contributed by atoms with E-state index < -0.39 is 0 Å². The van der Waals surface area contributed by atoms with Crippen molar-refractivity contribution in [2.24, 2.45) is 13.0 Å². The predicted molar refractivity (Wildman–Crippen MR) is 118 cm³/mol. The van der Waals surface area contributed by atoms with Crippen molar-refractivity contribution in [1.29, 1.82) is 0 Å². The van der Waals surface area contributed by atoms with E-state index in [4.69, 9.17) is 16.3 Å². The first kappa shape index (κ1) is 21.2. The van der Waals surface area contributed by atoms with Gasteiger partial charge in [-0.25, -0.2) is 0 Å². The van der Waals surface area contributed by atoms with Crippen LogP contribution in [0.5, 0.6) is 5.75 Å². The number of benzene rings is 2. The Morgan fingerprint density at radius 1 is 1.17 bits per heavy atom. The maximum absolute atomic E-state index is 12.2. The number of hydrogen-bond acceptors (Lipinski definition) is 5. The lowest BCUT2D eigenvalue weighted by atomic mass is 10.2. The molecule has 6 nitrogen and oxygen atoms in total. The molecular weight excluding hydrogens is 408 g/mol. The SMILES string of the molecule is CC(C)COc1ccc(-c2nnc(SCC(=O)Nc3ccccc3Cl)n2C)cc1. The third-order valence-corrected chi connectivity index (χ3v) is 5.36. The molecule has 0 spiro atoms. The second-order valence-electron chi connectivity index (χ2n) is 6.91. The smallest absolute Gasteiger partial charge is 0.234 e. The zero-order valence-corrected chi connectivity index (χ0v) is 18.1. The van der Waals surface area contributed by atoms with Gasteiger partial charge in [-0.3, -0.25) is 4.79 Å². The quantitative estimate of drug-likeness (QED) is 0.514. The summed E-state index contributed by atoms with van der Waals surface area (Å²) in [5.41, 5.74) is 1.53. The first-order chi connectivity index (χ1) is 13.9. The van der Waals surface area contributed by atoms with Crippen molar-refractivity contribution in [3.05, 3.63) is 53.6 Å². The van der Waals surface area contributed by atoms with Crippen LogP contribution in [0.2, 0.25) is 5.02 Å². The fourth-order valence-electron chi connectivity index (χ4n) is 2.53. The Hall–Kier alpha value is -2.51. The Kier molecular flexibility index (Phi) is 7.17. The van der Waals surface area contributed by atoms with Crippen molar-refractivity contribution in [1.82, 2.24) is 14.8 Å². The first-order valence-corrected chi connectivity index (χ1v) is 10.6. The third kappa shape index (κ3) is 5.74. The number of carbonyl (C=O) groups is 1. The molecule has 3 rings (SSSR count). The summed E-state index contributed by atoms with van der Waals surface area (Å²) >= 11 is 7.39. The molecule has 152 valence electrons. The minimum Gasteiger partial charge on any atom is -0.493 e. The lowest BCUT2D eigenvalue weighted by molar-refractivity contribution is -0.113. The van der Waals surface area contributed by atoms with Gasteiger partial charge in [0.1, 0.15) is 5.75 Å². The van der Waals surface area contributed by atoms with Crippen molar-refractivity contribution in [3.63, 3.8) is 0 Å². The summed E-state index contributed by atoms with van der Waals surface area (Å²) in [4.78, 5) is 12.2. The van der Waals surface area contributed by atoms with Gasteiger partial charge in [0, 0.05) is 12.6 Å². The Bertz CT molecular complexity index is 973. The molecule has 0 aliphatic rings. The molecule has 2 aromatic carbocycles. The van der Waals surface area contributed by atoms with Crippen LogP contribution in [0.15, 0.2) is 53.7 Å². The van der Waals surface area contributed by atoms with E-state index in [0.29, 0.717) is 28.4 Å². The van der Waals surface area contributed by atoms with Gasteiger partial charge in [-0.2, -0.15) is 0 Å². The van der Waals surface area contributed by atoms with Crippen LogP contribution in [0.1, 0.15) is 13.8 Å². The van der Waals surface area contributed by atoms with Gasteiger partial charge in [-0.05, 0) is 42.3 Å². The molecule has 0 radical (unpaired) electrons. The molecule has 0 atom stereocenters. The lowest BCUT2D eigenvalue weighted by Gasteiger charge is -2.09. The minimum atomic E-state index is -0.153. The van der Waals surface area contributed by atoms with Gasteiger partial charge in [0.25, 0.3) is 0 Å². The number of anilines is 1. The Labute approximate surface area is 179 Å². The summed E-state index contributed by atoms with van der Waals surface area (Å²) in [7, 11) is 1.88. The van der Waals surface area contributed by atoms with Crippen LogP contribution in [0, 0.1) is 5.92 Å². The van der Waals surface area contributed by atoms with E-state index in [9.17, 15) is 4.79 Å². The van der Waals surface area contributed by atoms with Crippen molar-refractivity contribution >= 4 is 35.0 Å². The Morgan fingerprint density at radius 2 is 1.90 bits per heavy atom. The second kappa shape index (κ2) is 9.80. The molecule has 0 fully saturated rings. The van der Waals surface area contributed by atoms with Crippen LogP contribution in [0.4, 0.5) is 5.69 Å². The molecule has 1 heterocycles. The number of amides is 1. The third-order valence-electron chi connectivity index (χ3n) is 4.01. The number of aromatic nitrogens is 3. The Morgan fingerprint density at radius 3 is 2.59 bits per heavy atom. The molecule has 3 aromatic rings. The largest absolute Gasteiger partial charge is 0.493 e. The molecule has 29 heavy (non-hydrogen) atoms. The molecule has 1 N–H and O–H groups in total. The summed E-state index contributed by atoms with van der Waals surface area (Å²) < 4.78 is 7.59. The van der Waals surface area contributed by atoms with Crippen LogP contribution in [0.25, 0.3) is 11.4 Å². The second-order valence-corrected chi connectivity index (χ2v) is 8.26. The minimum absolute atomic E-state index is 0.153. The van der Waals surface area contributed by atoms with Crippen molar-refractivity contribution in [3.8, 4) is 17.1 Å². The molecule has 0 bridgehead atoms. The van der Waals surface area contributed by atoms with E-state index >= 15 is 0 Å². The van der Waals surface area contributed by atoms with Gasteiger partial charge >= 0.3 is 0 Å². The fourth-order valence-corrected chi connectivity index (χ4v) is 3.43. The molecule has 1 aromatic heterocycles. The van der Waals surface area contributed by atoms with Crippen molar-refractivity contribution in [2.45, 2.75) is 19.0 Å². The normalized spacial score (nSPS) is 10.9. The summed E-state index contributed by atoms with van der Waals surface area (Å²) in [6, 6.07) is 14.9. The highest BCUT2D eigenvalue weighted by Crippen LogP contribution is 2.25. The topological polar surface area (TPSA) is 69.0 Å². The molecular formula is C21H23ClN4O2S. The predicted octanol–water partition coefficient (Wildman–Crippen LogP) is 4.90.